The number of rotatable bonds is 2. The zero-order valence-electron chi connectivity index (χ0n) is 19.5. The molecule has 0 aromatic heterocycles. The van der Waals surface area contributed by atoms with Crippen molar-refractivity contribution < 1.29 is 41.0 Å². The van der Waals surface area contributed by atoms with E-state index in [0.717, 1.165) is 6.61 Å². The van der Waals surface area contributed by atoms with Gasteiger partial charge in [0.2, 0.25) is 0 Å². The van der Waals surface area contributed by atoms with Gasteiger partial charge < -0.3 is 4.74 Å². The second-order valence-corrected chi connectivity index (χ2v) is 12.9. The molecule has 152 valence electrons. The molecule has 3 rings (SSSR count). The van der Waals surface area contributed by atoms with E-state index in [4.69, 9.17) is 4.74 Å². The molecular weight excluding hydrogens is 467 g/mol. The van der Waals surface area contributed by atoms with E-state index in [2.05, 4.69) is 76.2 Å². The zero-order chi connectivity index (χ0) is 20.7. The molecule has 1 fully saturated rings. The zero-order valence-corrected chi connectivity index (χ0v) is 22.1. The summed E-state index contributed by atoms with van der Waals surface area (Å²) >= 11 is -0.694. The Morgan fingerprint density at radius 2 is 1.15 bits per heavy atom. The first kappa shape index (κ1) is 23.5. The number of hydrogen-bond acceptors (Lipinski definition) is 1. The van der Waals surface area contributed by atoms with Crippen LogP contribution in [0.1, 0.15) is 89.0 Å². The van der Waals surface area contributed by atoms with Crippen LogP contribution in [0, 0.1) is 47.1 Å². The van der Waals surface area contributed by atoms with Crippen LogP contribution >= 0.6 is 0 Å². The third-order valence-corrected chi connectivity index (χ3v) is 13.9. The van der Waals surface area contributed by atoms with Crippen molar-refractivity contribution in [3.8, 4) is 0 Å². The standard InChI is InChI=1S/2C10H15.C5H10O.Sm/c2*1-7-6-10(4,5)9(3)8(7)2;1-5-3-2-4-6-5;/h2*1-5H3;5H,2-4H2,1H3;. The topological polar surface area (TPSA) is 9.23 Å². The smallest absolute Gasteiger partial charge is 0.0547 e. The minimum atomic E-state index is -0.694. The van der Waals surface area contributed by atoms with Crippen molar-refractivity contribution in [3.63, 3.8) is 0 Å². The molecule has 1 heterocycles. The molecule has 1 unspecified atom stereocenters. The summed E-state index contributed by atoms with van der Waals surface area (Å²) in [6.45, 7) is 26.8. The molecule has 2 heteroatoms. The van der Waals surface area contributed by atoms with Crippen LogP contribution in [0.3, 0.4) is 0 Å². The molecule has 0 amide bonds. The Morgan fingerprint density at radius 1 is 0.741 bits per heavy atom. The molecule has 1 atom stereocenters. The van der Waals surface area contributed by atoms with E-state index in [0.29, 0.717) is 6.10 Å². The predicted molar refractivity (Wildman–Crippen MR) is 114 cm³/mol. The van der Waals surface area contributed by atoms with Crippen molar-refractivity contribution in [3.05, 3.63) is 36.0 Å². The average molecular weight is 507 g/mol. The third kappa shape index (κ3) is 4.40. The summed E-state index contributed by atoms with van der Waals surface area (Å²) < 4.78 is 8.74. The molecule has 0 bridgehead atoms. The minimum absolute atomic E-state index is 0.284. The Balaban J connectivity index is 0.000000369. The van der Waals surface area contributed by atoms with Gasteiger partial charge in [0.1, 0.15) is 0 Å². The van der Waals surface area contributed by atoms with Crippen molar-refractivity contribution in [2.75, 3.05) is 6.61 Å². The van der Waals surface area contributed by atoms with E-state index in [9.17, 15) is 0 Å². The van der Waals surface area contributed by atoms with Crippen LogP contribution in [-0.4, -0.2) is 12.7 Å². The first-order valence-electron chi connectivity index (χ1n) is 10.4. The molecule has 0 spiro atoms. The maximum absolute atomic E-state index is 5.15. The van der Waals surface area contributed by atoms with Gasteiger partial charge in [-0.25, -0.2) is 0 Å². The van der Waals surface area contributed by atoms with Crippen molar-refractivity contribution in [2.24, 2.45) is 10.8 Å². The van der Waals surface area contributed by atoms with Crippen LogP contribution in [0.4, 0.5) is 0 Å². The average Bonchev–Trinajstić information content (AvgIpc) is 3.17. The fourth-order valence-electron chi connectivity index (χ4n) is 4.37. The van der Waals surface area contributed by atoms with E-state index in [1.165, 1.54) is 12.8 Å². The first-order chi connectivity index (χ1) is 12.3. The SMILES string of the molecule is CC1=C(C)C(C)(C)[C]([Sm][C]2=C(C)C(C)=C(C)C2(C)C)=C1C.CC1CCCO1. The molecule has 1 saturated heterocycles. The van der Waals surface area contributed by atoms with E-state index in [1.807, 2.05) is 0 Å². The molecule has 0 saturated carbocycles. The van der Waals surface area contributed by atoms with E-state index >= 15 is 0 Å². The monoisotopic (exact) mass is 508 g/mol. The van der Waals surface area contributed by atoms with Crippen molar-refractivity contribution >= 4 is 0 Å². The third-order valence-electron chi connectivity index (χ3n) is 7.30. The maximum Gasteiger partial charge on any atom is 0.0547 e. The van der Waals surface area contributed by atoms with E-state index < -0.39 is 36.3 Å². The number of allylic oxidation sites excluding steroid dienone is 8. The summed E-state index contributed by atoms with van der Waals surface area (Å²) in [6, 6.07) is 0. The van der Waals surface area contributed by atoms with Gasteiger partial charge in [0.25, 0.3) is 0 Å². The molecule has 1 nitrogen and oxygen atoms in total. The van der Waals surface area contributed by atoms with Gasteiger partial charge in [-0.15, -0.1) is 0 Å². The van der Waals surface area contributed by atoms with Gasteiger partial charge in [-0.1, -0.05) is 0 Å². The van der Waals surface area contributed by atoms with Gasteiger partial charge in [-0.2, -0.15) is 0 Å². The molecule has 1 aliphatic heterocycles. The number of ether oxygens (including phenoxy) is 1. The Kier molecular flexibility index (Phi) is 7.45. The van der Waals surface area contributed by atoms with Crippen LogP contribution in [0.25, 0.3) is 0 Å². The number of hydrogen-bond donors (Lipinski definition) is 0. The van der Waals surface area contributed by atoms with Gasteiger partial charge >= 0.3 is 152 Å². The van der Waals surface area contributed by atoms with Crippen molar-refractivity contribution in [2.45, 2.75) is 95.1 Å². The van der Waals surface area contributed by atoms with E-state index in [-0.39, 0.29) is 10.8 Å². The largest absolute Gasteiger partial charge is 0.379 e. The Bertz CT molecular complexity index is 678. The van der Waals surface area contributed by atoms with Crippen LogP contribution in [-0.2, 0) is 4.74 Å². The fourth-order valence-corrected chi connectivity index (χ4v) is 9.61. The Labute approximate surface area is 188 Å². The molecule has 0 aromatic rings. The van der Waals surface area contributed by atoms with Crippen LogP contribution in [0.5, 0.6) is 0 Å². The summed E-state index contributed by atoms with van der Waals surface area (Å²) in [5.41, 5.74) is 10.0. The van der Waals surface area contributed by atoms with Crippen LogP contribution in [0.2, 0.25) is 0 Å². The van der Waals surface area contributed by atoms with Gasteiger partial charge in [0, 0.05) is 6.61 Å². The molecule has 0 N–H and O–H groups in total. The normalized spacial score (nSPS) is 27.0. The molecular formula is C25H40OSm. The minimum Gasteiger partial charge on any atom is -0.379 e. The van der Waals surface area contributed by atoms with Gasteiger partial charge in [-0.3, -0.25) is 0 Å². The van der Waals surface area contributed by atoms with Crippen molar-refractivity contribution in [1.29, 1.82) is 0 Å². The summed E-state index contributed by atoms with van der Waals surface area (Å²) in [4.78, 5) is 0. The summed E-state index contributed by atoms with van der Waals surface area (Å²) in [6.07, 6.45) is 3.08. The second kappa shape index (κ2) is 8.55. The van der Waals surface area contributed by atoms with Crippen LogP contribution in [0.15, 0.2) is 36.0 Å². The molecule has 2 aliphatic carbocycles. The van der Waals surface area contributed by atoms with Crippen LogP contribution < -0.4 is 0 Å². The summed E-state index contributed by atoms with van der Waals surface area (Å²) in [7, 11) is 0. The molecule has 0 aromatic carbocycles. The first-order valence-corrected chi connectivity index (χ1v) is 13.0. The molecule has 3 aliphatic rings. The molecule has 0 radical (unpaired) electrons. The predicted octanol–water partition coefficient (Wildman–Crippen LogP) is 7.56. The van der Waals surface area contributed by atoms with Gasteiger partial charge in [-0.05, 0) is 19.8 Å². The van der Waals surface area contributed by atoms with Crippen molar-refractivity contribution in [1.82, 2.24) is 0 Å². The fraction of sp³-hybridized carbons (Fsp3) is 0.680. The Hall–Kier alpha value is 0.258. The summed E-state index contributed by atoms with van der Waals surface area (Å²) in [5.74, 6) is 0. The molecule has 27 heavy (non-hydrogen) atoms. The maximum atomic E-state index is 5.15. The quantitative estimate of drug-likeness (QED) is 0.375. The van der Waals surface area contributed by atoms with Gasteiger partial charge in [0.15, 0.2) is 0 Å². The van der Waals surface area contributed by atoms with E-state index in [1.54, 1.807) is 36.0 Å². The van der Waals surface area contributed by atoms with Gasteiger partial charge in [0.05, 0.1) is 6.10 Å². The summed E-state index contributed by atoms with van der Waals surface area (Å²) in [5, 5.41) is 0. The Morgan fingerprint density at radius 3 is 1.33 bits per heavy atom. The second-order valence-electron chi connectivity index (χ2n) is 9.58.